The normalized spacial score (nSPS) is 10.6. The Labute approximate surface area is 113 Å². The minimum Gasteiger partial charge on any atom is -0.225 e. The summed E-state index contributed by atoms with van der Waals surface area (Å²) in [5, 5.41) is 2.49. The second-order valence-electron chi connectivity index (χ2n) is 3.94. The van der Waals surface area contributed by atoms with Crippen LogP contribution in [0.4, 0.5) is 0 Å². The third kappa shape index (κ3) is 2.67. The summed E-state index contributed by atoms with van der Waals surface area (Å²) in [5.74, 6) is 0. The van der Waals surface area contributed by atoms with Gasteiger partial charge in [0.2, 0.25) is 0 Å². The van der Waals surface area contributed by atoms with Crippen LogP contribution in [-0.4, -0.2) is 15.0 Å². The molecule has 3 aromatic rings. The van der Waals surface area contributed by atoms with Gasteiger partial charge in [-0.1, -0.05) is 60.7 Å². The molecule has 92 valence electrons. The summed E-state index contributed by atoms with van der Waals surface area (Å²) in [7, 11) is -0.708. The fourth-order valence-electron chi connectivity index (χ4n) is 1.88. The van der Waals surface area contributed by atoms with E-state index in [1.165, 1.54) is 10.6 Å². The molecule has 0 spiro atoms. The Kier molecular flexibility index (Phi) is 3.57. The molecule has 0 unspecified atom stereocenters. The minimum absolute atomic E-state index is 0.708. The van der Waals surface area contributed by atoms with Crippen LogP contribution in [0.3, 0.4) is 0 Å². The molecular formula is C15H12N3P. The molecule has 3 rings (SSSR count). The van der Waals surface area contributed by atoms with Gasteiger partial charge in [0.05, 0.1) is 0 Å². The van der Waals surface area contributed by atoms with E-state index in [9.17, 15) is 0 Å². The summed E-state index contributed by atoms with van der Waals surface area (Å²) < 4.78 is 0. The number of hydrogen-bond donors (Lipinski definition) is 0. The minimum atomic E-state index is -0.708. The maximum Gasteiger partial charge on any atom is 0.163 e. The van der Waals surface area contributed by atoms with Gasteiger partial charge in [0, 0.05) is 7.92 Å². The molecule has 0 aliphatic heterocycles. The Morgan fingerprint density at radius 1 is 0.632 bits per heavy atom. The number of nitrogens with zero attached hydrogens (tertiary/aromatic N) is 3. The van der Waals surface area contributed by atoms with Crippen LogP contribution >= 0.6 is 7.92 Å². The number of aromatic nitrogens is 3. The Bertz CT molecular complexity index is 535. The Morgan fingerprint density at radius 2 is 1.11 bits per heavy atom. The van der Waals surface area contributed by atoms with Crippen molar-refractivity contribution in [1.29, 1.82) is 0 Å². The van der Waals surface area contributed by atoms with Gasteiger partial charge in [0.1, 0.15) is 12.7 Å². The van der Waals surface area contributed by atoms with Crippen molar-refractivity contribution in [2.24, 2.45) is 0 Å². The fraction of sp³-hybridized carbons (Fsp3) is 0. The zero-order valence-electron chi connectivity index (χ0n) is 10.2. The van der Waals surface area contributed by atoms with Crippen LogP contribution in [0.1, 0.15) is 0 Å². The summed E-state index contributed by atoms with van der Waals surface area (Å²) in [6.07, 6.45) is 3.12. The number of benzene rings is 2. The highest BCUT2D eigenvalue weighted by Crippen LogP contribution is 2.30. The van der Waals surface area contributed by atoms with Gasteiger partial charge < -0.3 is 0 Å². The molecule has 19 heavy (non-hydrogen) atoms. The molecule has 2 aromatic carbocycles. The molecule has 0 saturated heterocycles. The van der Waals surface area contributed by atoms with E-state index in [0.29, 0.717) is 0 Å². The number of hydrogen-bond acceptors (Lipinski definition) is 3. The van der Waals surface area contributed by atoms with Crippen LogP contribution in [0.2, 0.25) is 0 Å². The summed E-state index contributed by atoms with van der Waals surface area (Å²) in [4.78, 5) is 12.6. The predicted molar refractivity (Wildman–Crippen MR) is 78.5 cm³/mol. The van der Waals surface area contributed by atoms with Crippen molar-refractivity contribution in [3.05, 3.63) is 73.3 Å². The molecule has 0 aliphatic carbocycles. The fourth-order valence-corrected chi connectivity index (χ4v) is 3.92. The first-order valence-corrected chi connectivity index (χ1v) is 7.31. The molecule has 0 amide bonds. The maximum atomic E-state index is 4.34. The van der Waals surface area contributed by atoms with E-state index in [2.05, 4.69) is 63.5 Å². The Morgan fingerprint density at radius 3 is 1.58 bits per heavy atom. The average molecular weight is 265 g/mol. The smallest absolute Gasteiger partial charge is 0.163 e. The first-order chi connectivity index (χ1) is 9.45. The summed E-state index contributed by atoms with van der Waals surface area (Å²) in [6.45, 7) is 0. The molecule has 1 aromatic heterocycles. The molecule has 0 fully saturated rings. The van der Waals surface area contributed by atoms with E-state index in [1.54, 1.807) is 12.7 Å². The van der Waals surface area contributed by atoms with E-state index < -0.39 is 7.92 Å². The quantitative estimate of drug-likeness (QED) is 0.676. The van der Waals surface area contributed by atoms with Crippen LogP contribution < -0.4 is 16.2 Å². The van der Waals surface area contributed by atoms with Crippen molar-refractivity contribution in [2.75, 3.05) is 0 Å². The predicted octanol–water partition coefficient (Wildman–Crippen LogP) is 1.63. The third-order valence-electron chi connectivity index (χ3n) is 2.71. The van der Waals surface area contributed by atoms with E-state index in [-0.39, 0.29) is 0 Å². The first-order valence-electron chi connectivity index (χ1n) is 5.97. The van der Waals surface area contributed by atoms with E-state index >= 15 is 0 Å². The zero-order valence-corrected chi connectivity index (χ0v) is 11.1. The van der Waals surface area contributed by atoms with Gasteiger partial charge >= 0.3 is 0 Å². The highest BCUT2D eigenvalue weighted by molar-refractivity contribution is 7.79. The summed E-state index contributed by atoms with van der Waals surface area (Å²) >= 11 is 0. The Hall–Kier alpha value is -2.12. The van der Waals surface area contributed by atoms with E-state index in [1.807, 2.05) is 12.1 Å². The molecule has 3 nitrogen and oxygen atoms in total. The van der Waals surface area contributed by atoms with Crippen molar-refractivity contribution in [1.82, 2.24) is 15.0 Å². The van der Waals surface area contributed by atoms with E-state index in [0.717, 1.165) is 5.57 Å². The molecule has 4 heteroatoms. The summed E-state index contributed by atoms with van der Waals surface area (Å²) in [6, 6.07) is 20.8. The van der Waals surface area contributed by atoms with Crippen LogP contribution in [0.5, 0.6) is 0 Å². The average Bonchev–Trinajstić information content (AvgIpc) is 2.51. The lowest BCUT2D eigenvalue weighted by molar-refractivity contribution is 1.09. The first kappa shape index (κ1) is 11.9. The van der Waals surface area contributed by atoms with Gasteiger partial charge in [-0.25, -0.2) is 15.0 Å². The zero-order chi connectivity index (χ0) is 12.9. The van der Waals surface area contributed by atoms with Crippen LogP contribution in [0.25, 0.3) is 0 Å². The second kappa shape index (κ2) is 5.68. The highest BCUT2D eigenvalue weighted by Gasteiger charge is 2.18. The summed E-state index contributed by atoms with van der Waals surface area (Å²) in [5.41, 5.74) is 0.836. The molecule has 0 N–H and O–H groups in total. The molecule has 0 saturated carbocycles. The van der Waals surface area contributed by atoms with Crippen molar-refractivity contribution < 1.29 is 0 Å². The van der Waals surface area contributed by atoms with Gasteiger partial charge in [-0.15, -0.1) is 0 Å². The van der Waals surface area contributed by atoms with Gasteiger partial charge in [-0.2, -0.15) is 0 Å². The molecule has 0 radical (unpaired) electrons. The van der Waals surface area contributed by atoms with Gasteiger partial charge in [0.15, 0.2) is 5.57 Å². The lowest BCUT2D eigenvalue weighted by Crippen LogP contribution is -2.24. The van der Waals surface area contributed by atoms with Gasteiger partial charge in [0.25, 0.3) is 0 Å². The van der Waals surface area contributed by atoms with Crippen LogP contribution in [0, 0.1) is 0 Å². The molecule has 0 aliphatic rings. The topological polar surface area (TPSA) is 38.7 Å². The van der Waals surface area contributed by atoms with Crippen LogP contribution in [-0.2, 0) is 0 Å². The Balaban J connectivity index is 2.12. The second-order valence-corrected chi connectivity index (χ2v) is 6.05. The van der Waals surface area contributed by atoms with Crippen molar-refractivity contribution in [3.8, 4) is 0 Å². The largest absolute Gasteiger partial charge is 0.225 e. The van der Waals surface area contributed by atoms with Gasteiger partial charge in [-0.05, 0) is 10.6 Å². The van der Waals surface area contributed by atoms with Gasteiger partial charge in [-0.3, -0.25) is 0 Å². The number of rotatable bonds is 3. The lowest BCUT2D eigenvalue weighted by Gasteiger charge is -2.16. The lowest BCUT2D eigenvalue weighted by atomic mass is 10.4. The SMILES string of the molecule is c1ccc(P(c2ccccc2)c2ncncn2)cc1. The monoisotopic (exact) mass is 265 g/mol. The molecular weight excluding hydrogens is 253 g/mol. The molecule has 0 bridgehead atoms. The van der Waals surface area contributed by atoms with Crippen molar-refractivity contribution in [3.63, 3.8) is 0 Å². The van der Waals surface area contributed by atoms with Crippen molar-refractivity contribution >= 4 is 24.1 Å². The molecule has 0 atom stereocenters. The van der Waals surface area contributed by atoms with E-state index in [4.69, 9.17) is 0 Å². The van der Waals surface area contributed by atoms with Crippen LogP contribution in [0.15, 0.2) is 73.3 Å². The highest BCUT2D eigenvalue weighted by atomic mass is 31.1. The maximum absolute atomic E-state index is 4.34. The van der Waals surface area contributed by atoms with Crippen molar-refractivity contribution in [2.45, 2.75) is 0 Å². The standard InChI is InChI=1S/C15H12N3P/c1-3-7-13(8-4-1)19(14-9-5-2-6-10-14)15-17-11-16-12-18-15/h1-12H. The molecule has 1 heterocycles. The third-order valence-corrected chi connectivity index (χ3v) is 4.97.